The minimum atomic E-state index is 0.319. The maximum absolute atomic E-state index is 9.78. The summed E-state index contributed by atoms with van der Waals surface area (Å²) in [6, 6.07) is 15.0. The van der Waals surface area contributed by atoms with Crippen LogP contribution in [0, 0.1) is 11.3 Å². The largest absolute Gasteiger partial charge is 0.497 e. The number of likely N-dealkylation sites (N-methyl/N-ethyl adjacent to an activating group) is 1. The second-order valence-electron chi connectivity index (χ2n) is 10.7. The lowest BCUT2D eigenvalue weighted by molar-refractivity contribution is 0.142. The van der Waals surface area contributed by atoms with Gasteiger partial charge in [-0.15, -0.1) is 0 Å². The summed E-state index contributed by atoms with van der Waals surface area (Å²) in [5, 5.41) is 14.4. The zero-order valence-corrected chi connectivity index (χ0v) is 24.6. The maximum atomic E-state index is 9.78. The summed E-state index contributed by atoms with van der Waals surface area (Å²) in [5.41, 5.74) is 3.56. The van der Waals surface area contributed by atoms with E-state index in [2.05, 4.69) is 60.1 Å². The Kier molecular flexibility index (Phi) is 10.5. The van der Waals surface area contributed by atoms with Crippen molar-refractivity contribution in [2.24, 2.45) is 0 Å². The fraction of sp³-hybridized carbons (Fsp3) is 0.500. The van der Waals surface area contributed by atoms with Gasteiger partial charge < -0.3 is 24.4 Å². The van der Waals surface area contributed by atoms with E-state index in [4.69, 9.17) is 14.2 Å². The van der Waals surface area contributed by atoms with Gasteiger partial charge in [0.15, 0.2) is 11.5 Å². The minimum absolute atomic E-state index is 0.319. The summed E-state index contributed by atoms with van der Waals surface area (Å²) in [6.07, 6.45) is 6.01. The van der Waals surface area contributed by atoms with Crippen LogP contribution in [0.25, 0.3) is 10.9 Å². The maximum Gasteiger partial charge on any atom is 0.163 e. The van der Waals surface area contributed by atoms with E-state index in [1.54, 1.807) is 13.3 Å². The molecule has 1 aliphatic heterocycles. The first-order valence-electron chi connectivity index (χ1n) is 14.4. The molecule has 2 heterocycles. The highest BCUT2D eigenvalue weighted by Crippen LogP contribution is 2.32. The summed E-state index contributed by atoms with van der Waals surface area (Å²) in [4.78, 5) is 9.40. The Hall–Kier alpha value is -3.54. The van der Waals surface area contributed by atoms with Crippen LogP contribution in [-0.4, -0.2) is 74.0 Å². The molecule has 0 unspecified atom stereocenters. The van der Waals surface area contributed by atoms with E-state index in [0.717, 1.165) is 72.0 Å². The van der Waals surface area contributed by atoms with Crippen LogP contribution in [-0.2, 0) is 6.42 Å². The lowest BCUT2D eigenvalue weighted by Gasteiger charge is -2.35. The molecule has 3 aromatic rings. The number of anilines is 1. The van der Waals surface area contributed by atoms with Crippen molar-refractivity contribution in [3.05, 3.63) is 53.7 Å². The number of benzene rings is 2. The standard InChI is InChI=1S/C32H43N5O3/c1-6-7-8-23(2)37(22-35-26-9-12-31-32(17-26)40-16-15-39-31)21-24(3)36(4)14-13-28-25(19-33)20-34-30-11-10-27(38-5)18-29(28)30/h9-12,17-18,20,23-24,35H,6-8,13-16,21-22H2,1-5H3/t23-,24-/m0/s1. The number of methoxy groups -OCH3 is 1. The van der Waals surface area contributed by atoms with Gasteiger partial charge in [-0.2, -0.15) is 5.26 Å². The SMILES string of the molecule is CCCC[C@H](C)N(CNc1ccc2c(c1)OCCO2)C[C@H](C)N(C)CCc1c(C#N)cnc2ccc(OC)cc12. The van der Waals surface area contributed by atoms with Crippen LogP contribution < -0.4 is 19.5 Å². The predicted molar refractivity (Wildman–Crippen MR) is 160 cm³/mol. The Morgan fingerprint density at radius 1 is 1.10 bits per heavy atom. The van der Waals surface area contributed by atoms with Gasteiger partial charge in [-0.1, -0.05) is 19.8 Å². The van der Waals surface area contributed by atoms with E-state index in [9.17, 15) is 5.26 Å². The number of nitrogens with one attached hydrogen (secondary N) is 1. The highest BCUT2D eigenvalue weighted by molar-refractivity contribution is 5.85. The molecule has 1 N–H and O–H groups in total. The Labute approximate surface area is 238 Å². The van der Waals surface area contributed by atoms with Gasteiger partial charge in [-0.3, -0.25) is 9.88 Å². The average molecular weight is 546 g/mol. The number of ether oxygens (including phenoxy) is 3. The lowest BCUT2D eigenvalue weighted by Crippen LogP contribution is -2.46. The quantitative estimate of drug-likeness (QED) is 0.258. The Balaban J connectivity index is 1.42. The van der Waals surface area contributed by atoms with Gasteiger partial charge in [0.2, 0.25) is 0 Å². The molecule has 0 radical (unpaired) electrons. The fourth-order valence-corrected chi connectivity index (χ4v) is 5.14. The number of aromatic nitrogens is 1. The first-order chi connectivity index (χ1) is 19.4. The third-order valence-electron chi connectivity index (χ3n) is 7.90. The Bertz CT molecular complexity index is 1310. The second kappa shape index (κ2) is 14.2. The van der Waals surface area contributed by atoms with Crippen LogP contribution in [0.5, 0.6) is 17.2 Å². The molecule has 4 rings (SSSR count). The zero-order chi connectivity index (χ0) is 28.5. The van der Waals surface area contributed by atoms with Crippen molar-refractivity contribution in [3.8, 4) is 23.3 Å². The van der Waals surface area contributed by atoms with Gasteiger partial charge >= 0.3 is 0 Å². The monoisotopic (exact) mass is 545 g/mol. The molecule has 0 bridgehead atoms. The molecule has 0 spiro atoms. The Morgan fingerprint density at radius 2 is 1.90 bits per heavy atom. The molecule has 40 heavy (non-hydrogen) atoms. The number of nitriles is 1. The second-order valence-corrected chi connectivity index (χ2v) is 10.7. The molecule has 0 amide bonds. The number of rotatable bonds is 14. The van der Waals surface area contributed by atoms with Crippen LogP contribution in [0.3, 0.4) is 0 Å². The zero-order valence-electron chi connectivity index (χ0n) is 24.6. The summed E-state index contributed by atoms with van der Waals surface area (Å²) in [6.45, 7) is 10.5. The van der Waals surface area contributed by atoms with E-state index in [1.165, 1.54) is 12.8 Å². The summed E-state index contributed by atoms with van der Waals surface area (Å²) >= 11 is 0. The van der Waals surface area contributed by atoms with Crippen LogP contribution in [0.1, 0.15) is 51.2 Å². The van der Waals surface area contributed by atoms with E-state index in [0.29, 0.717) is 30.9 Å². The molecule has 0 aliphatic carbocycles. The molecular formula is C32H43N5O3. The van der Waals surface area contributed by atoms with Crippen molar-refractivity contribution in [2.75, 3.05) is 52.4 Å². The number of pyridine rings is 1. The smallest absolute Gasteiger partial charge is 0.163 e. The summed E-state index contributed by atoms with van der Waals surface area (Å²) in [7, 11) is 3.83. The highest BCUT2D eigenvalue weighted by Gasteiger charge is 2.20. The van der Waals surface area contributed by atoms with Crippen LogP contribution in [0.2, 0.25) is 0 Å². The van der Waals surface area contributed by atoms with Crippen molar-refractivity contribution in [1.29, 1.82) is 5.26 Å². The number of unbranched alkanes of at least 4 members (excludes halogenated alkanes) is 1. The topological polar surface area (TPSA) is 82.9 Å². The van der Waals surface area contributed by atoms with Crippen LogP contribution in [0.4, 0.5) is 5.69 Å². The van der Waals surface area contributed by atoms with Gasteiger partial charge in [0, 0.05) is 48.5 Å². The molecule has 2 aromatic carbocycles. The first-order valence-corrected chi connectivity index (χ1v) is 14.4. The van der Waals surface area contributed by atoms with E-state index in [-0.39, 0.29) is 0 Å². The molecule has 1 aromatic heterocycles. The van der Waals surface area contributed by atoms with Crippen molar-refractivity contribution in [3.63, 3.8) is 0 Å². The van der Waals surface area contributed by atoms with Gasteiger partial charge in [-0.05, 0) is 69.6 Å². The average Bonchev–Trinajstić information content (AvgIpc) is 2.99. The van der Waals surface area contributed by atoms with Crippen molar-refractivity contribution >= 4 is 16.6 Å². The van der Waals surface area contributed by atoms with Crippen molar-refractivity contribution in [1.82, 2.24) is 14.8 Å². The van der Waals surface area contributed by atoms with E-state index in [1.807, 2.05) is 30.3 Å². The van der Waals surface area contributed by atoms with Gasteiger partial charge in [0.1, 0.15) is 25.0 Å². The third-order valence-corrected chi connectivity index (χ3v) is 7.90. The molecular weight excluding hydrogens is 502 g/mol. The molecule has 2 atom stereocenters. The predicted octanol–water partition coefficient (Wildman–Crippen LogP) is 5.70. The first kappa shape index (κ1) is 29.4. The van der Waals surface area contributed by atoms with Gasteiger partial charge in [0.25, 0.3) is 0 Å². The molecule has 0 saturated heterocycles. The molecule has 8 heteroatoms. The Morgan fingerprint density at radius 3 is 2.65 bits per heavy atom. The van der Waals surface area contributed by atoms with Crippen LogP contribution >= 0.6 is 0 Å². The van der Waals surface area contributed by atoms with Crippen molar-refractivity contribution in [2.45, 2.75) is 58.5 Å². The molecule has 1 aliphatic rings. The third kappa shape index (κ3) is 7.35. The van der Waals surface area contributed by atoms with Gasteiger partial charge in [-0.25, -0.2) is 0 Å². The van der Waals surface area contributed by atoms with E-state index < -0.39 is 0 Å². The van der Waals surface area contributed by atoms with Crippen LogP contribution in [0.15, 0.2) is 42.6 Å². The highest BCUT2D eigenvalue weighted by atomic mass is 16.6. The minimum Gasteiger partial charge on any atom is -0.497 e. The molecule has 0 saturated carbocycles. The summed E-state index contributed by atoms with van der Waals surface area (Å²) in [5.74, 6) is 2.38. The normalized spacial score (nSPS) is 14.2. The molecule has 0 fully saturated rings. The molecule has 214 valence electrons. The van der Waals surface area contributed by atoms with Crippen molar-refractivity contribution < 1.29 is 14.2 Å². The number of fused-ring (bicyclic) bond motifs is 2. The fourth-order valence-electron chi connectivity index (χ4n) is 5.14. The molecule has 8 nitrogen and oxygen atoms in total. The number of hydrogen-bond donors (Lipinski definition) is 1. The van der Waals surface area contributed by atoms with E-state index >= 15 is 0 Å². The van der Waals surface area contributed by atoms with Gasteiger partial charge in [0.05, 0.1) is 24.9 Å². The number of nitrogens with zero attached hydrogens (tertiary/aromatic N) is 4. The summed E-state index contributed by atoms with van der Waals surface area (Å²) < 4.78 is 16.9. The number of hydrogen-bond acceptors (Lipinski definition) is 8. The lowest BCUT2D eigenvalue weighted by atomic mass is 10.0.